The SMILES string of the molecule is O=P(c1ccccc1)(c1ccc2c(c1)sc1cc(-c3ccccn3)ccc12)c1ccc2c(c1)sc1cc(-c3ccccn3)ccc12. The van der Waals surface area contributed by atoms with Crippen LogP contribution >= 0.6 is 29.8 Å². The second-order valence-electron chi connectivity index (χ2n) is 11.4. The second-order valence-corrected chi connectivity index (χ2v) is 16.3. The normalized spacial score (nSPS) is 12.0. The van der Waals surface area contributed by atoms with E-state index < -0.39 is 7.14 Å². The number of rotatable bonds is 5. The van der Waals surface area contributed by atoms with Crippen LogP contribution in [0.2, 0.25) is 0 Å². The Labute approximate surface area is 273 Å². The van der Waals surface area contributed by atoms with Gasteiger partial charge in [0, 0.05) is 79.8 Å². The summed E-state index contributed by atoms with van der Waals surface area (Å²) in [6, 6.07) is 47.8. The van der Waals surface area contributed by atoms with Gasteiger partial charge in [0.2, 0.25) is 0 Å². The van der Waals surface area contributed by atoms with Crippen molar-refractivity contribution in [1.82, 2.24) is 9.97 Å². The van der Waals surface area contributed by atoms with E-state index in [0.717, 1.165) is 47.8 Å². The molecule has 5 aromatic carbocycles. The van der Waals surface area contributed by atoms with Crippen LogP contribution in [-0.4, -0.2) is 9.97 Å². The molecule has 0 saturated heterocycles. The van der Waals surface area contributed by atoms with Crippen LogP contribution in [-0.2, 0) is 4.57 Å². The first-order chi connectivity index (χ1) is 22.6. The van der Waals surface area contributed by atoms with Crippen LogP contribution in [0.1, 0.15) is 0 Å². The molecule has 4 aromatic heterocycles. The monoisotopic (exact) mass is 644 g/mol. The first-order valence-corrected chi connectivity index (χ1v) is 18.4. The van der Waals surface area contributed by atoms with Gasteiger partial charge >= 0.3 is 0 Å². The lowest BCUT2D eigenvalue weighted by atomic mass is 10.1. The summed E-state index contributed by atoms with van der Waals surface area (Å²) in [4.78, 5) is 9.09. The fraction of sp³-hybridized carbons (Fsp3) is 0. The van der Waals surface area contributed by atoms with Crippen LogP contribution in [0.15, 0.2) is 152 Å². The molecule has 0 unspecified atom stereocenters. The molecular weight excluding hydrogens is 620 g/mol. The van der Waals surface area contributed by atoms with Gasteiger partial charge in [0.15, 0.2) is 7.14 Å². The third kappa shape index (κ3) is 4.43. The maximum Gasteiger partial charge on any atom is 0.171 e. The van der Waals surface area contributed by atoms with Crippen molar-refractivity contribution < 1.29 is 4.57 Å². The van der Waals surface area contributed by atoms with Gasteiger partial charge in [-0.3, -0.25) is 9.97 Å². The van der Waals surface area contributed by atoms with Gasteiger partial charge in [-0.2, -0.15) is 0 Å². The topological polar surface area (TPSA) is 42.9 Å². The zero-order valence-corrected chi connectivity index (χ0v) is 27.0. The molecular formula is C40H25N2OPS2. The smallest absolute Gasteiger partial charge is 0.171 e. The molecule has 0 spiro atoms. The van der Waals surface area contributed by atoms with E-state index >= 15 is 4.57 Å². The third-order valence-electron chi connectivity index (χ3n) is 8.68. The van der Waals surface area contributed by atoms with Gasteiger partial charge in [-0.1, -0.05) is 91.0 Å². The molecule has 0 aliphatic heterocycles. The highest BCUT2D eigenvalue weighted by Gasteiger charge is 2.31. The quantitative estimate of drug-likeness (QED) is 0.175. The molecule has 0 fully saturated rings. The van der Waals surface area contributed by atoms with Gasteiger partial charge in [0.25, 0.3) is 0 Å². The summed E-state index contributed by atoms with van der Waals surface area (Å²) in [6.07, 6.45) is 3.65. The van der Waals surface area contributed by atoms with Gasteiger partial charge in [-0.25, -0.2) is 0 Å². The predicted molar refractivity (Wildman–Crippen MR) is 198 cm³/mol. The summed E-state index contributed by atoms with van der Waals surface area (Å²) in [6.45, 7) is 0. The fourth-order valence-electron chi connectivity index (χ4n) is 6.39. The van der Waals surface area contributed by atoms with E-state index in [-0.39, 0.29) is 0 Å². The van der Waals surface area contributed by atoms with E-state index in [2.05, 4.69) is 82.8 Å². The Hall–Kier alpha value is -4.93. The Morgan fingerprint density at radius 3 is 1.30 bits per heavy atom. The highest BCUT2D eigenvalue weighted by molar-refractivity contribution is 7.85. The standard InChI is InChI=1S/C40H25N2OPS2/c43-44(28-8-2-1-3-9-28,29-14-18-33-31-16-12-26(35-10-4-6-20-41-35)22-37(31)45-39(33)24-29)30-15-19-34-32-17-13-27(36-11-5-7-21-42-36)23-38(32)46-40(34)25-30/h1-25H. The fourth-order valence-corrected chi connectivity index (χ4v) is 11.6. The van der Waals surface area contributed by atoms with Gasteiger partial charge in [0.05, 0.1) is 11.4 Å². The molecule has 0 aliphatic rings. The lowest BCUT2D eigenvalue weighted by Crippen LogP contribution is -2.24. The van der Waals surface area contributed by atoms with Crippen molar-refractivity contribution in [2.45, 2.75) is 0 Å². The van der Waals surface area contributed by atoms with Crippen molar-refractivity contribution in [3.05, 3.63) is 152 Å². The lowest BCUT2D eigenvalue weighted by molar-refractivity contribution is 0.592. The van der Waals surface area contributed by atoms with Crippen molar-refractivity contribution in [2.24, 2.45) is 0 Å². The lowest BCUT2D eigenvalue weighted by Gasteiger charge is -2.20. The highest BCUT2D eigenvalue weighted by atomic mass is 32.1. The second kappa shape index (κ2) is 10.9. The van der Waals surface area contributed by atoms with Crippen LogP contribution in [0.4, 0.5) is 0 Å². The van der Waals surface area contributed by atoms with E-state index in [4.69, 9.17) is 0 Å². The molecule has 0 aliphatic carbocycles. The summed E-state index contributed by atoms with van der Waals surface area (Å²) in [7, 11) is -3.19. The number of thiophene rings is 2. The molecule has 0 N–H and O–H groups in total. The molecule has 6 heteroatoms. The summed E-state index contributed by atoms with van der Waals surface area (Å²) in [5, 5.41) is 7.31. The molecule has 9 aromatic rings. The van der Waals surface area contributed by atoms with Gasteiger partial charge in [-0.05, 0) is 48.5 Å². The van der Waals surface area contributed by atoms with E-state index in [1.807, 2.05) is 79.1 Å². The van der Waals surface area contributed by atoms with Crippen LogP contribution in [0.5, 0.6) is 0 Å². The van der Waals surface area contributed by atoms with Gasteiger partial charge < -0.3 is 4.57 Å². The van der Waals surface area contributed by atoms with Crippen molar-refractivity contribution in [1.29, 1.82) is 0 Å². The third-order valence-corrected chi connectivity index (χ3v) is 13.9. The minimum atomic E-state index is -3.19. The van der Waals surface area contributed by atoms with E-state index in [1.54, 1.807) is 22.7 Å². The summed E-state index contributed by atoms with van der Waals surface area (Å²) in [5.41, 5.74) is 4.11. The average Bonchev–Trinajstić information content (AvgIpc) is 3.68. The van der Waals surface area contributed by atoms with Crippen molar-refractivity contribution in [3.63, 3.8) is 0 Å². The zero-order chi connectivity index (χ0) is 30.7. The molecule has 0 atom stereocenters. The molecule has 4 heterocycles. The van der Waals surface area contributed by atoms with E-state index in [9.17, 15) is 0 Å². The van der Waals surface area contributed by atoms with Crippen LogP contribution < -0.4 is 15.9 Å². The first kappa shape index (κ1) is 27.4. The molecule has 46 heavy (non-hydrogen) atoms. The van der Waals surface area contributed by atoms with Gasteiger partial charge in [-0.15, -0.1) is 22.7 Å². The summed E-state index contributed by atoms with van der Waals surface area (Å²) in [5.74, 6) is 0. The van der Waals surface area contributed by atoms with Gasteiger partial charge in [0.1, 0.15) is 0 Å². The average molecular weight is 645 g/mol. The van der Waals surface area contributed by atoms with E-state index in [0.29, 0.717) is 0 Å². The maximum absolute atomic E-state index is 15.6. The molecule has 9 rings (SSSR count). The van der Waals surface area contributed by atoms with Crippen LogP contribution in [0.25, 0.3) is 62.9 Å². The predicted octanol–water partition coefficient (Wildman–Crippen LogP) is 10.2. The maximum atomic E-state index is 15.6. The van der Waals surface area contributed by atoms with Crippen molar-refractivity contribution in [2.75, 3.05) is 0 Å². The van der Waals surface area contributed by atoms with Crippen molar-refractivity contribution >= 4 is 86.1 Å². The molecule has 0 amide bonds. The largest absolute Gasteiger partial charge is 0.309 e. The molecule has 218 valence electrons. The van der Waals surface area contributed by atoms with Crippen LogP contribution in [0.3, 0.4) is 0 Å². The first-order valence-electron chi connectivity index (χ1n) is 15.1. The number of nitrogens with zero attached hydrogens (tertiary/aromatic N) is 2. The Bertz CT molecular complexity index is 2450. The molecule has 0 bridgehead atoms. The van der Waals surface area contributed by atoms with E-state index in [1.165, 1.54) is 30.9 Å². The number of aromatic nitrogens is 2. The summed E-state index contributed by atoms with van der Waals surface area (Å²) < 4.78 is 20.3. The molecule has 0 radical (unpaired) electrons. The number of pyridine rings is 2. The highest BCUT2D eigenvalue weighted by Crippen LogP contribution is 2.46. The van der Waals surface area contributed by atoms with Crippen LogP contribution in [0, 0.1) is 0 Å². The molecule has 0 saturated carbocycles. The van der Waals surface area contributed by atoms with Crippen molar-refractivity contribution in [3.8, 4) is 22.5 Å². The Morgan fingerprint density at radius 2 is 0.848 bits per heavy atom. The zero-order valence-electron chi connectivity index (χ0n) is 24.5. The Morgan fingerprint density at radius 1 is 0.413 bits per heavy atom. The number of hydrogen-bond acceptors (Lipinski definition) is 5. The minimum absolute atomic E-state index is 0.839. The summed E-state index contributed by atoms with van der Waals surface area (Å²) >= 11 is 3.49. The Balaban J connectivity index is 1.19. The number of benzene rings is 5. The Kier molecular flexibility index (Phi) is 6.46. The number of hydrogen-bond donors (Lipinski definition) is 0. The molecule has 3 nitrogen and oxygen atoms in total. The minimum Gasteiger partial charge on any atom is -0.309 e. The number of fused-ring (bicyclic) bond motifs is 6.